The molecule has 0 saturated carbocycles. The first kappa shape index (κ1) is 14.8. The second-order valence-electron chi connectivity index (χ2n) is 4.80. The molecule has 106 valence electrons. The molecule has 0 aliphatic rings. The average Bonchev–Trinajstić information content (AvgIpc) is 2.86. The zero-order valence-electron chi connectivity index (χ0n) is 11.8. The van der Waals surface area contributed by atoms with Crippen LogP contribution in [0.5, 0.6) is 0 Å². The third kappa shape index (κ3) is 3.08. The SMILES string of the molecule is COC(=O)[C@@H](O)[C@@H](c1ccc(C)cc1)c1ccc(C)s1. The van der Waals surface area contributed by atoms with Crippen molar-refractivity contribution in [3.8, 4) is 0 Å². The standard InChI is InChI=1S/C16H18O3S/c1-10-4-7-12(8-5-10)14(15(17)16(18)19-3)13-9-6-11(2)20-13/h4-9,14-15,17H,1-3H3/t14-,15-/m0/s1. The second-order valence-corrected chi connectivity index (χ2v) is 6.12. The summed E-state index contributed by atoms with van der Waals surface area (Å²) in [5.41, 5.74) is 2.05. The van der Waals surface area contributed by atoms with Crippen LogP contribution in [-0.2, 0) is 9.53 Å². The van der Waals surface area contributed by atoms with Crippen molar-refractivity contribution in [2.24, 2.45) is 0 Å². The summed E-state index contributed by atoms with van der Waals surface area (Å²) in [4.78, 5) is 13.8. The minimum absolute atomic E-state index is 0.387. The minimum Gasteiger partial charge on any atom is -0.467 e. The van der Waals surface area contributed by atoms with Gasteiger partial charge in [0.2, 0.25) is 0 Å². The third-order valence-electron chi connectivity index (χ3n) is 3.26. The van der Waals surface area contributed by atoms with Crippen LogP contribution in [0.1, 0.15) is 26.8 Å². The Labute approximate surface area is 122 Å². The van der Waals surface area contributed by atoms with E-state index in [4.69, 9.17) is 0 Å². The van der Waals surface area contributed by atoms with Gasteiger partial charge in [-0.25, -0.2) is 4.79 Å². The Morgan fingerprint density at radius 3 is 2.30 bits per heavy atom. The highest BCUT2D eigenvalue weighted by molar-refractivity contribution is 7.12. The Balaban J connectivity index is 2.43. The third-order valence-corrected chi connectivity index (χ3v) is 4.35. The molecule has 0 aliphatic heterocycles. The molecule has 0 aliphatic carbocycles. The Kier molecular flexibility index (Phi) is 4.57. The molecule has 0 unspecified atom stereocenters. The van der Waals surface area contributed by atoms with Crippen LogP contribution in [0, 0.1) is 13.8 Å². The van der Waals surface area contributed by atoms with E-state index >= 15 is 0 Å². The van der Waals surface area contributed by atoms with Gasteiger partial charge in [-0.3, -0.25) is 0 Å². The molecule has 0 spiro atoms. The van der Waals surface area contributed by atoms with E-state index in [0.29, 0.717) is 0 Å². The second kappa shape index (κ2) is 6.20. The Morgan fingerprint density at radius 1 is 1.15 bits per heavy atom. The number of carbonyl (C=O) groups is 1. The predicted octanol–water partition coefficient (Wildman–Crippen LogP) is 3.03. The molecule has 2 rings (SSSR count). The van der Waals surface area contributed by atoms with Crippen LogP contribution in [0.25, 0.3) is 0 Å². The van der Waals surface area contributed by atoms with Crippen LogP contribution >= 0.6 is 11.3 Å². The summed E-state index contributed by atoms with van der Waals surface area (Å²) in [6.07, 6.45) is -1.19. The molecular formula is C16H18O3S. The lowest BCUT2D eigenvalue weighted by Crippen LogP contribution is -2.29. The predicted molar refractivity (Wildman–Crippen MR) is 80.1 cm³/mol. The Hall–Kier alpha value is -1.65. The number of hydrogen-bond acceptors (Lipinski definition) is 4. The number of aryl methyl sites for hydroxylation is 2. The molecule has 2 aromatic rings. The molecule has 4 heteroatoms. The molecule has 2 atom stereocenters. The first-order chi connectivity index (χ1) is 9.52. The minimum atomic E-state index is -1.19. The highest BCUT2D eigenvalue weighted by Gasteiger charge is 2.30. The van der Waals surface area contributed by atoms with Gasteiger partial charge in [0, 0.05) is 9.75 Å². The van der Waals surface area contributed by atoms with Crippen LogP contribution in [-0.4, -0.2) is 24.3 Å². The lowest BCUT2D eigenvalue weighted by Gasteiger charge is -2.20. The van der Waals surface area contributed by atoms with Crippen molar-refractivity contribution in [1.29, 1.82) is 0 Å². The summed E-state index contributed by atoms with van der Waals surface area (Å²) in [6.45, 7) is 4.01. The molecule has 1 N–H and O–H groups in total. The van der Waals surface area contributed by atoms with E-state index in [1.165, 1.54) is 7.11 Å². The molecule has 0 radical (unpaired) electrons. The number of methoxy groups -OCH3 is 1. The average molecular weight is 290 g/mol. The van der Waals surface area contributed by atoms with Gasteiger partial charge in [0.25, 0.3) is 0 Å². The fraction of sp³-hybridized carbons (Fsp3) is 0.312. The van der Waals surface area contributed by atoms with Gasteiger partial charge < -0.3 is 9.84 Å². The maximum absolute atomic E-state index is 11.7. The first-order valence-corrected chi connectivity index (χ1v) is 7.23. The summed E-state index contributed by atoms with van der Waals surface area (Å²) < 4.78 is 4.68. The van der Waals surface area contributed by atoms with Crippen LogP contribution in [0.4, 0.5) is 0 Å². The molecule has 0 fully saturated rings. The van der Waals surface area contributed by atoms with Gasteiger partial charge in [-0.05, 0) is 31.5 Å². The summed E-state index contributed by atoms with van der Waals surface area (Å²) in [5.74, 6) is -0.997. The molecule has 20 heavy (non-hydrogen) atoms. The molecule has 0 bridgehead atoms. The lowest BCUT2D eigenvalue weighted by molar-refractivity contribution is -0.151. The topological polar surface area (TPSA) is 46.5 Å². The van der Waals surface area contributed by atoms with Crippen molar-refractivity contribution in [2.75, 3.05) is 7.11 Å². The smallest absolute Gasteiger partial charge is 0.335 e. The van der Waals surface area contributed by atoms with Crippen LogP contribution in [0.2, 0.25) is 0 Å². The van der Waals surface area contributed by atoms with Crippen molar-refractivity contribution in [3.63, 3.8) is 0 Å². The van der Waals surface area contributed by atoms with Crippen molar-refractivity contribution in [3.05, 3.63) is 57.3 Å². The van der Waals surface area contributed by atoms with Gasteiger partial charge >= 0.3 is 5.97 Å². The number of benzene rings is 1. The van der Waals surface area contributed by atoms with Gasteiger partial charge in [0.15, 0.2) is 6.10 Å². The molecule has 1 aromatic heterocycles. The summed E-state index contributed by atoms with van der Waals surface area (Å²) in [5, 5.41) is 10.3. The zero-order chi connectivity index (χ0) is 14.7. The number of ether oxygens (including phenoxy) is 1. The maximum Gasteiger partial charge on any atom is 0.335 e. The molecule has 1 aromatic carbocycles. The Morgan fingerprint density at radius 2 is 1.80 bits per heavy atom. The number of carbonyl (C=O) groups excluding carboxylic acids is 1. The Bertz CT molecular complexity index is 586. The summed E-state index contributed by atoms with van der Waals surface area (Å²) in [6, 6.07) is 11.8. The van der Waals surface area contributed by atoms with E-state index in [2.05, 4.69) is 4.74 Å². The number of aliphatic hydroxyl groups is 1. The number of thiophene rings is 1. The van der Waals surface area contributed by atoms with Gasteiger partial charge in [-0.1, -0.05) is 29.8 Å². The van der Waals surface area contributed by atoms with Crippen LogP contribution in [0.15, 0.2) is 36.4 Å². The molecular weight excluding hydrogens is 272 g/mol. The van der Waals surface area contributed by atoms with E-state index in [1.54, 1.807) is 11.3 Å². The van der Waals surface area contributed by atoms with E-state index < -0.39 is 12.1 Å². The lowest BCUT2D eigenvalue weighted by atomic mass is 9.91. The first-order valence-electron chi connectivity index (χ1n) is 6.41. The highest BCUT2D eigenvalue weighted by atomic mass is 32.1. The van der Waals surface area contributed by atoms with E-state index in [9.17, 15) is 9.90 Å². The maximum atomic E-state index is 11.7. The molecule has 0 saturated heterocycles. The monoisotopic (exact) mass is 290 g/mol. The van der Waals surface area contributed by atoms with E-state index in [-0.39, 0.29) is 5.92 Å². The highest BCUT2D eigenvalue weighted by Crippen LogP contribution is 2.33. The molecule has 0 amide bonds. The fourth-order valence-electron chi connectivity index (χ4n) is 2.15. The zero-order valence-corrected chi connectivity index (χ0v) is 12.6. The summed E-state index contributed by atoms with van der Waals surface area (Å²) in [7, 11) is 1.29. The van der Waals surface area contributed by atoms with Crippen molar-refractivity contribution in [1.82, 2.24) is 0 Å². The normalized spacial score (nSPS) is 13.8. The van der Waals surface area contributed by atoms with Gasteiger partial charge in [-0.15, -0.1) is 11.3 Å². The number of rotatable bonds is 4. The van der Waals surface area contributed by atoms with Gasteiger partial charge in [0.1, 0.15) is 0 Å². The number of hydrogen-bond donors (Lipinski definition) is 1. The van der Waals surface area contributed by atoms with Crippen molar-refractivity contribution >= 4 is 17.3 Å². The van der Waals surface area contributed by atoms with Crippen LogP contribution in [0.3, 0.4) is 0 Å². The largest absolute Gasteiger partial charge is 0.467 e. The number of aliphatic hydroxyl groups excluding tert-OH is 1. The molecule has 3 nitrogen and oxygen atoms in total. The van der Waals surface area contributed by atoms with Gasteiger partial charge in [0.05, 0.1) is 13.0 Å². The fourth-order valence-corrected chi connectivity index (χ4v) is 3.19. The summed E-state index contributed by atoms with van der Waals surface area (Å²) >= 11 is 1.58. The number of esters is 1. The van der Waals surface area contributed by atoms with Crippen molar-refractivity contribution < 1.29 is 14.6 Å². The van der Waals surface area contributed by atoms with Crippen molar-refractivity contribution in [2.45, 2.75) is 25.9 Å². The van der Waals surface area contributed by atoms with E-state index in [0.717, 1.165) is 20.9 Å². The van der Waals surface area contributed by atoms with E-state index in [1.807, 2.05) is 50.2 Å². The van der Waals surface area contributed by atoms with Gasteiger partial charge in [-0.2, -0.15) is 0 Å². The molecule has 1 heterocycles. The quantitative estimate of drug-likeness (QED) is 0.880. The van der Waals surface area contributed by atoms with Crippen LogP contribution < -0.4 is 0 Å².